The lowest BCUT2D eigenvalue weighted by molar-refractivity contribution is -0.130. The number of esters is 1. The highest BCUT2D eigenvalue weighted by Gasteiger charge is 2.61. The summed E-state index contributed by atoms with van der Waals surface area (Å²) in [5.41, 5.74) is 2.96. The quantitative estimate of drug-likeness (QED) is 0.520. The normalized spacial score (nSPS) is 24.3. The van der Waals surface area contributed by atoms with Crippen molar-refractivity contribution in [2.45, 2.75) is 51.8 Å². The molecule has 8 nitrogen and oxygen atoms in total. The number of benzene rings is 2. The maximum Gasteiger partial charge on any atom is 0.338 e. The molecule has 2 amide bonds. The van der Waals surface area contributed by atoms with E-state index < -0.39 is 29.6 Å². The monoisotopic (exact) mass is 451 g/mol. The van der Waals surface area contributed by atoms with Crippen LogP contribution in [0.5, 0.6) is 0 Å². The molecule has 2 aliphatic heterocycles. The smallest absolute Gasteiger partial charge is 0.338 e. The summed E-state index contributed by atoms with van der Waals surface area (Å²) >= 11 is 0. The lowest BCUT2D eigenvalue weighted by Gasteiger charge is -2.30. The Hall–Kier alpha value is -3.23. The molecule has 0 aliphatic carbocycles. The number of aliphatic hydroxyl groups excluding tert-OH is 1. The molecule has 1 spiro atoms. The number of nitrogens with one attached hydrogen (secondary N) is 3. The third-order valence-corrected chi connectivity index (χ3v) is 6.49. The van der Waals surface area contributed by atoms with Gasteiger partial charge < -0.3 is 20.5 Å². The molecule has 4 N–H and O–H groups in total. The average molecular weight is 452 g/mol. The van der Waals surface area contributed by atoms with Crippen molar-refractivity contribution in [1.29, 1.82) is 0 Å². The van der Waals surface area contributed by atoms with Crippen molar-refractivity contribution in [2.24, 2.45) is 5.92 Å². The van der Waals surface area contributed by atoms with E-state index in [9.17, 15) is 19.5 Å². The zero-order chi connectivity index (χ0) is 23.9. The van der Waals surface area contributed by atoms with Crippen molar-refractivity contribution >= 4 is 29.2 Å². The van der Waals surface area contributed by atoms with Crippen molar-refractivity contribution in [3.8, 4) is 0 Å². The second kappa shape index (κ2) is 8.61. The molecular formula is C25H29N3O5. The lowest BCUT2D eigenvalue weighted by Crippen LogP contribution is -2.53. The number of aryl methyl sites for hydroxylation is 2. The minimum atomic E-state index is -1.28. The molecule has 2 aromatic carbocycles. The Bertz CT molecular complexity index is 1110. The molecule has 0 saturated carbocycles. The maximum absolute atomic E-state index is 13.5. The molecule has 1 saturated heterocycles. The molecule has 0 unspecified atom stereocenters. The van der Waals surface area contributed by atoms with Crippen LogP contribution < -0.4 is 16.0 Å². The SMILES string of the molecule is CCOC(=O)c1ccc(NC(=O)[C@H]2C[C@@H]([C@@H](C)O)N[C@]23C(=O)Nc2c(C)cc(C)cc23)cc1. The van der Waals surface area contributed by atoms with Gasteiger partial charge in [-0.05, 0) is 63.9 Å². The zero-order valence-corrected chi connectivity index (χ0v) is 19.2. The largest absolute Gasteiger partial charge is 0.462 e. The molecule has 33 heavy (non-hydrogen) atoms. The first-order valence-corrected chi connectivity index (χ1v) is 11.1. The lowest BCUT2D eigenvalue weighted by atomic mass is 9.78. The number of carbonyl (C=O) groups excluding carboxylic acids is 3. The van der Waals surface area contributed by atoms with Crippen molar-refractivity contribution < 1.29 is 24.2 Å². The summed E-state index contributed by atoms with van der Waals surface area (Å²) in [6.07, 6.45) is -0.448. The minimum absolute atomic E-state index is 0.279. The Morgan fingerprint density at radius 2 is 1.94 bits per heavy atom. The summed E-state index contributed by atoms with van der Waals surface area (Å²) in [7, 11) is 0. The first-order chi connectivity index (χ1) is 15.7. The van der Waals surface area contributed by atoms with E-state index in [-0.39, 0.29) is 18.4 Å². The van der Waals surface area contributed by atoms with Crippen LogP contribution in [0, 0.1) is 19.8 Å². The van der Waals surface area contributed by atoms with E-state index in [1.54, 1.807) is 38.1 Å². The van der Waals surface area contributed by atoms with Gasteiger partial charge in [0.15, 0.2) is 0 Å². The number of amides is 2. The summed E-state index contributed by atoms with van der Waals surface area (Å²) in [5, 5.41) is 19.4. The van der Waals surface area contributed by atoms with Crippen LogP contribution in [0.25, 0.3) is 0 Å². The molecule has 174 valence electrons. The van der Waals surface area contributed by atoms with E-state index in [1.165, 1.54) is 0 Å². The van der Waals surface area contributed by atoms with Gasteiger partial charge in [0.1, 0.15) is 5.54 Å². The standard InChI is InChI=1S/C25H29N3O5/c1-5-33-23(31)16-6-8-17(9-7-16)26-22(30)19-12-20(15(4)29)28-25(19)18-11-13(2)10-14(3)21(18)27-24(25)32/h6-11,15,19-20,28-29H,5,12H2,1-4H3,(H,26,30)(H,27,32)/t15-,19-,20+,25+/m1/s1. The Kier molecular flexibility index (Phi) is 5.99. The van der Waals surface area contributed by atoms with Gasteiger partial charge in [-0.25, -0.2) is 4.79 Å². The molecule has 2 aromatic rings. The number of aliphatic hydroxyl groups is 1. The number of ether oxygens (including phenoxy) is 1. The fourth-order valence-electron chi connectivity index (χ4n) is 4.91. The number of rotatable bonds is 5. The van der Waals surface area contributed by atoms with Gasteiger partial charge in [-0.1, -0.05) is 17.7 Å². The van der Waals surface area contributed by atoms with Gasteiger partial charge >= 0.3 is 5.97 Å². The molecule has 4 rings (SSSR count). The van der Waals surface area contributed by atoms with Crippen LogP contribution in [-0.2, 0) is 19.9 Å². The molecule has 0 radical (unpaired) electrons. The molecule has 1 fully saturated rings. The molecule has 0 aromatic heterocycles. The van der Waals surface area contributed by atoms with Gasteiger partial charge in [-0.2, -0.15) is 0 Å². The molecule has 2 heterocycles. The fourth-order valence-corrected chi connectivity index (χ4v) is 4.91. The van der Waals surface area contributed by atoms with Gasteiger partial charge in [0, 0.05) is 23.0 Å². The number of hydrogen-bond donors (Lipinski definition) is 4. The summed E-state index contributed by atoms with van der Waals surface area (Å²) < 4.78 is 4.99. The van der Waals surface area contributed by atoms with Crippen LogP contribution in [0.1, 0.15) is 47.3 Å². The Balaban J connectivity index is 1.67. The summed E-state index contributed by atoms with van der Waals surface area (Å²) in [6.45, 7) is 7.53. The van der Waals surface area contributed by atoms with Gasteiger partial charge in [0.25, 0.3) is 0 Å². The van der Waals surface area contributed by atoms with Crippen molar-refractivity contribution in [3.05, 3.63) is 58.7 Å². The summed E-state index contributed by atoms with van der Waals surface area (Å²) in [5.74, 6) is -1.81. The minimum Gasteiger partial charge on any atom is -0.462 e. The van der Waals surface area contributed by atoms with Crippen LogP contribution >= 0.6 is 0 Å². The molecule has 2 aliphatic rings. The predicted octanol–water partition coefficient (Wildman–Crippen LogP) is 2.63. The summed E-state index contributed by atoms with van der Waals surface area (Å²) in [6, 6.07) is 9.90. The van der Waals surface area contributed by atoms with E-state index in [1.807, 2.05) is 26.0 Å². The summed E-state index contributed by atoms with van der Waals surface area (Å²) in [4.78, 5) is 38.7. The fraction of sp³-hybridized carbons (Fsp3) is 0.400. The van der Waals surface area contributed by atoms with Crippen molar-refractivity contribution in [2.75, 3.05) is 17.2 Å². The van der Waals surface area contributed by atoms with E-state index in [0.717, 1.165) is 16.7 Å². The number of hydrogen-bond acceptors (Lipinski definition) is 6. The topological polar surface area (TPSA) is 117 Å². The van der Waals surface area contributed by atoms with Crippen molar-refractivity contribution in [3.63, 3.8) is 0 Å². The second-order valence-electron chi connectivity index (χ2n) is 8.83. The molecular weight excluding hydrogens is 422 g/mol. The first kappa shape index (κ1) is 22.9. The predicted molar refractivity (Wildman–Crippen MR) is 124 cm³/mol. The van der Waals surface area contributed by atoms with Crippen LogP contribution in [0.4, 0.5) is 11.4 Å². The number of fused-ring (bicyclic) bond motifs is 2. The second-order valence-corrected chi connectivity index (χ2v) is 8.83. The number of carbonyl (C=O) groups is 3. The third kappa shape index (κ3) is 3.89. The van der Waals surface area contributed by atoms with Gasteiger partial charge in [-0.3, -0.25) is 14.9 Å². The highest BCUT2D eigenvalue weighted by molar-refractivity contribution is 6.11. The van der Waals surface area contributed by atoms with E-state index in [2.05, 4.69) is 16.0 Å². The van der Waals surface area contributed by atoms with E-state index in [4.69, 9.17) is 4.74 Å². The van der Waals surface area contributed by atoms with E-state index >= 15 is 0 Å². The Morgan fingerprint density at radius 3 is 2.58 bits per heavy atom. The highest BCUT2D eigenvalue weighted by atomic mass is 16.5. The van der Waals surface area contributed by atoms with Gasteiger partial charge in [-0.15, -0.1) is 0 Å². The van der Waals surface area contributed by atoms with Crippen LogP contribution in [0.2, 0.25) is 0 Å². The zero-order valence-electron chi connectivity index (χ0n) is 19.2. The van der Waals surface area contributed by atoms with Crippen molar-refractivity contribution in [1.82, 2.24) is 5.32 Å². The van der Waals surface area contributed by atoms with Crippen LogP contribution in [0.15, 0.2) is 36.4 Å². The Labute approximate surface area is 192 Å². The molecule has 8 heteroatoms. The highest BCUT2D eigenvalue weighted by Crippen LogP contribution is 2.49. The molecule has 0 bridgehead atoms. The Morgan fingerprint density at radius 1 is 1.24 bits per heavy atom. The van der Waals surface area contributed by atoms with Crippen LogP contribution in [0.3, 0.4) is 0 Å². The first-order valence-electron chi connectivity index (χ1n) is 11.1. The van der Waals surface area contributed by atoms with E-state index in [0.29, 0.717) is 23.4 Å². The van der Waals surface area contributed by atoms with Crippen LogP contribution in [-0.4, -0.2) is 41.6 Å². The third-order valence-electron chi connectivity index (χ3n) is 6.49. The number of anilines is 2. The molecule has 4 atom stereocenters. The maximum atomic E-state index is 13.5. The van der Waals surface area contributed by atoms with Gasteiger partial charge in [0.05, 0.1) is 24.2 Å². The average Bonchev–Trinajstić information content (AvgIpc) is 3.30. The van der Waals surface area contributed by atoms with Gasteiger partial charge in [0.2, 0.25) is 11.8 Å².